The quantitative estimate of drug-likeness (QED) is 0.244. The molecule has 0 amide bonds. The summed E-state index contributed by atoms with van der Waals surface area (Å²) >= 11 is 0. The first-order valence-corrected chi connectivity index (χ1v) is 10.8. The Labute approximate surface area is 185 Å². The Morgan fingerprint density at radius 2 is 1.91 bits per heavy atom. The van der Waals surface area contributed by atoms with E-state index >= 15 is 0 Å². The van der Waals surface area contributed by atoms with Crippen LogP contribution in [0.15, 0.2) is 11.6 Å². The minimum absolute atomic E-state index is 0.107. The fraction of sp³-hybridized carbons (Fsp3) is 0.773. The molecule has 8 atom stereocenters. The van der Waals surface area contributed by atoms with Crippen molar-refractivity contribution in [2.24, 2.45) is 10.8 Å². The standard InChI is InChI=1S/C22H30O10/c1-11-7-15-21(9-28-12(2)24,8-14(11)31-16(26)5-6-23)20(4)18(30-13(3)25)17(27)19(32-15)22(20)10-29-22/h7,14-15,17-19,23,27H,5-6,8-10H2,1-4H3. The Bertz CT molecular complexity index is 848. The zero-order chi connectivity index (χ0) is 23.5. The molecule has 4 aliphatic rings. The number of carbonyl (C=O) groups is 3. The van der Waals surface area contributed by atoms with Crippen LogP contribution in [0.2, 0.25) is 0 Å². The summed E-state index contributed by atoms with van der Waals surface area (Å²) in [6.45, 7) is 6.06. The van der Waals surface area contributed by atoms with Gasteiger partial charge in [0.1, 0.15) is 36.6 Å². The SMILES string of the molecule is CC(=O)OCC12CC(OC(=O)CCO)C(C)=CC1OC1C(O)C(OC(C)=O)C2(C)C12CO2. The molecule has 2 bridgehead atoms. The second-order valence-electron chi connectivity index (χ2n) is 9.38. The van der Waals surface area contributed by atoms with E-state index in [4.69, 9.17) is 28.8 Å². The van der Waals surface area contributed by atoms with Crippen LogP contribution in [0.1, 0.15) is 40.5 Å². The molecule has 8 unspecified atom stereocenters. The number of hydrogen-bond acceptors (Lipinski definition) is 10. The summed E-state index contributed by atoms with van der Waals surface area (Å²) in [6, 6.07) is 0. The van der Waals surface area contributed by atoms with Gasteiger partial charge in [-0.15, -0.1) is 0 Å². The molecule has 0 aromatic rings. The van der Waals surface area contributed by atoms with Gasteiger partial charge in [-0.2, -0.15) is 0 Å². The van der Waals surface area contributed by atoms with Gasteiger partial charge in [0, 0.05) is 20.3 Å². The highest BCUT2D eigenvalue weighted by molar-refractivity contribution is 5.70. The van der Waals surface area contributed by atoms with Gasteiger partial charge in [-0.3, -0.25) is 14.4 Å². The van der Waals surface area contributed by atoms with Crippen LogP contribution in [-0.4, -0.2) is 84.1 Å². The van der Waals surface area contributed by atoms with Crippen LogP contribution >= 0.6 is 0 Å². The Kier molecular flexibility index (Phi) is 5.64. The summed E-state index contributed by atoms with van der Waals surface area (Å²) in [5.41, 5.74) is -2.21. The summed E-state index contributed by atoms with van der Waals surface area (Å²) in [5, 5.41) is 20.2. The molecule has 1 spiro atoms. The highest BCUT2D eigenvalue weighted by Gasteiger charge is 2.86. The largest absolute Gasteiger partial charge is 0.465 e. The Morgan fingerprint density at radius 3 is 2.47 bits per heavy atom. The molecular formula is C22H30O10. The van der Waals surface area contributed by atoms with Crippen molar-refractivity contribution in [3.8, 4) is 0 Å². The van der Waals surface area contributed by atoms with Gasteiger partial charge in [-0.25, -0.2) is 0 Å². The molecule has 0 aromatic heterocycles. The van der Waals surface area contributed by atoms with E-state index in [-0.39, 0.29) is 32.7 Å². The topological polar surface area (TPSA) is 141 Å². The number of aliphatic hydroxyl groups excluding tert-OH is 2. The van der Waals surface area contributed by atoms with Crippen molar-refractivity contribution in [1.29, 1.82) is 0 Å². The lowest BCUT2D eigenvalue weighted by Crippen LogP contribution is -2.68. The molecule has 2 saturated heterocycles. The van der Waals surface area contributed by atoms with Gasteiger partial charge in [0.15, 0.2) is 0 Å². The van der Waals surface area contributed by atoms with Gasteiger partial charge < -0.3 is 33.9 Å². The van der Waals surface area contributed by atoms with Gasteiger partial charge in [0.05, 0.1) is 36.6 Å². The summed E-state index contributed by atoms with van der Waals surface area (Å²) in [5.74, 6) is -1.63. The third-order valence-electron chi connectivity index (χ3n) is 7.74. The molecule has 2 N–H and O–H groups in total. The second-order valence-corrected chi connectivity index (χ2v) is 9.38. The molecule has 10 heteroatoms. The third kappa shape index (κ3) is 3.11. The molecule has 2 heterocycles. The molecule has 0 aromatic carbocycles. The first-order chi connectivity index (χ1) is 15.0. The summed E-state index contributed by atoms with van der Waals surface area (Å²) in [6.07, 6.45) is -2.27. The number of ether oxygens (including phenoxy) is 5. The van der Waals surface area contributed by atoms with Crippen molar-refractivity contribution < 1.29 is 48.3 Å². The fourth-order valence-corrected chi connectivity index (χ4v) is 6.03. The van der Waals surface area contributed by atoms with Crippen LogP contribution in [0.3, 0.4) is 0 Å². The zero-order valence-corrected chi connectivity index (χ0v) is 18.7. The van der Waals surface area contributed by atoms with Gasteiger partial charge in [-0.1, -0.05) is 13.0 Å². The van der Waals surface area contributed by atoms with Crippen LogP contribution in [0, 0.1) is 10.8 Å². The lowest BCUT2D eigenvalue weighted by atomic mass is 9.51. The van der Waals surface area contributed by atoms with E-state index in [9.17, 15) is 19.5 Å². The van der Waals surface area contributed by atoms with Crippen LogP contribution in [0.4, 0.5) is 0 Å². The van der Waals surface area contributed by atoms with E-state index in [1.54, 1.807) is 6.92 Å². The Balaban J connectivity index is 1.82. The predicted molar refractivity (Wildman–Crippen MR) is 106 cm³/mol. The van der Waals surface area contributed by atoms with Crippen molar-refractivity contribution in [3.63, 3.8) is 0 Å². The first-order valence-electron chi connectivity index (χ1n) is 10.8. The van der Waals surface area contributed by atoms with E-state index < -0.39 is 64.9 Å². The lowest BCUT2D eigenvalue weighted by molar-refractivity contribution is -0.241. The van der Waals surface area contributed by atoms with Crippen LogP contribution in [-0.2, 0) is 38.1 Å². The Hall–Kier alpha value is -2.01. The number of carbonyl (C=O) groups excluding carboxylic acids is 3. The fourth-order valence-electron chi connectivity index (χ4n) is 6.03. The number of epoxide rings is 1. The summed E-state index contributed by atoms with van der Waals surface area (Å²) < 4.78 is 29.0. The molecule has 32 heavy (non-hydrogen) atoms. The van der Waals surface area contributed by atoms with E-state index in [2.05, 4.69) is 0 Å². The smallest absolute Gasteiger partial charge is 0.308 e. The maximum absolute atomic E-state index is 12.2. The molecule has 178 valence electrons. The summed E-state index contributed by atoms with van der Waals surface area (Å²) in [7, 11) is 0. The van der Waals surface area contributed by atoms with E-state index in [0.29, 0.717) is 0 Å². The lowest BCUT2D eigenvalue weighted by Gasteiger charge is -2.58. The molecular weight excluding hydrogens is 424 g/mol. The van der Waals surface area contributed by atoms with E-state index in [1.807, 2.05) is 13.0 Å². The third-order valence-corrected chi connectivity index (χ3v) is 7.74. The number of rotatable bonds is 6. The predicted octanol–water partition coefficient (Wildman–Crippen LogP) is 0.0290. The van der Waals surface area contributed by atoms with Gasteiger partial charge >= 0.3 is 17.9 Å². The second kappa shape index (κ2) is 7.79. The molecule has 3 fully saturated rings. The summed E-state index contributed by atoms with van der Waals surface area (Å²) in [4.78, 5) is 36.0. The van der Waals surface area contributed by atoms with E-state index in [1.165, 1.54) is 13.8 Å². The molecule has 1 saturated carbocycles. The number of fused-ring (bicyclic) bond motifs is 2. The number of hydrogen-bond donors (Lipinski definition) is 2. The van der Waals surface area contributed by atoms with Crippen molar-refractivity contribution in [2.75, 3.05) is 19.8 Å². The minimum Gasteiger partial charge on any atom is -0.465 e. The minimum atomic E-state index is -1.14. The number of aliphatic hydroxyl groups is 2. The highest BCUT2D eigenvalue weighted by atomic mass is 16.7. The molecule has 0 radical (unpaired) electrons. The van der Waals surface area contributed by atoms with Gasteiger partial charge in [-0.05, 0) is 12.5 Å². The monoisotopic (exact) mass is 454 g/mol. The van der Waals surface area contributed by atoms with Crippen LogP contribution in [0.5, 0.6) is 0 Å². The molecule has 4 rings (SSSR count). The molecule has 2 aliphatic heterocycles. The molecule has 10 nitrogen and oxygen atoms in total. The first kappa shape index (κ1) is 23.2. The van der Waals surface area contributed by atoms with Crippen molar-refractivity contribution in [1.82, 2.24) is 0 Å². The van der Waals surface area contributed by atoms with E-state index in [0.717, 1.165) is 5.57 Å². The van der Waals surface area contributed by atoms with Crippen molar-refractivity contribution in [3.05, 3.63) is 11.6 Å². The van der Waals surface area contributed by atoms with Crippen molar-refractivity contribution in [2.45, 2.75) is 76.7 Å². The van der Waals surface area contributed by atoms with Gasteiger partial charge in [0.2, 0.25) is 0 Å². The normalized spacial score (nSPS) is 43.8. The molecule has 2 aliphatic carbocycles. The maximum Gasteiger partial charge on any atom is 0.308 e. The average Bonchev–Trinajstić information content (AvgIpc) is 3.49. The zero-order valence-electron chi connectivity index (χ0n) is 18.7. The highest BCUT2D eigenvalue weighted by Crippen LogP contribution is 2.72. The van der Waals surface area contributed by atoms with Gasteiger partial charge in [0.25, 0.3) is 0 Å². The number of esters is 3. The van der Waals surface area contributed by atoms with Crippen LogP contribution < -0.4 is 0 Å². The maximum atomic E-state index is 12.2. The van der Waals surface area contributed by atoms with Crippen molar-refractivity contribution >= 4 is 17.9 Å². The average molecular weight is 454 g/mol. The van der Waals surface area contributed by atoms with Crippen LogP contribution in [0.25, 0.3) is 0 Å². The Morgan fingerprint density at radius 1 is 1.22 bits per heavy atom.